The fourth-order valence-corrected chi connectivity index (χ4v) is 2.77. The van der Waals surface area contributed by atoms with E-state index >= 15 is 0 Å². The average molecular weight is 388 g/mol. The van der Waals surface area contributed by atoms with E-state index in [9.17, 15) is 0 Å². The maximum atomic E-state index is 5.80. The lowest BCUT2D eigenvalue weighted by Gasteiger charge is -2.14. The third-order valence-corrected chi connectivity index (χ3v) is 3.17. The average Bonchev–Trinajstić information content (AvgIpc) is 2.83. The summed E-state index contributed by atoms with van der Waals surface area (Å²) in [5.41, 5.74) is 0.864. The molecule has 7 heteroatoms. The van der Waals surface area contributed by atoms with Gasteiger partial charge in [0.05, 0.1) is 16.8 Å². The minimum atomic E-state index is 0.0829. The van der Waals surface area contributed by atoms with Crippen molar-refractivity contribution in [3.63, 3.8) is 0 Å². The van der Waals surface area contributed by atoms with E-state index in [1.807, 2.05) is 26.0 Å². The molecule has 0 saturated carbocycles. The first-order valence-electron chi connectivity index (χ1n) is 5.61. The van der Waals surface area contributed by atoms with Gasteiger partial charge in [0.2, 0.25) is 0 Å². The Morgan fingerprint density at radius 3 is 2.58 bits per heavy atom. The topological polar surface area (TPSA) is 52.3 Å². The number of nitrogens with zero attached hydrogens (tertiary/aromatic N) is 4. The maximum Gasteiger partial charge on any atom is 0.142 e. The summed E-state index contributed by atoms with van der Waals surface area (Å²) >= 11 is 6.95. The van der Waals surface area contributed by atoms with Gasteiger partial charge in [-0.25, -0.2) is 4.68 Å². The quantitative estimate of drug-likeness (QED) is 0.754. The van der Waals surface area contributed by atoms with E-state index in [-0.39, 0.29) is 6.10 Å². The van der Waals surface area contributed by atoms with Crippen LogP contribution in [0.15, 0.2) is 38.8 Å². The number of ether oxygens (including phenoxy) is 1. The standard InChI is InChI=1S/C12H12Br2N4O/c1-8(2)19-12-9(3-10(13)4-11(12)14)5-17-18-6-15-16-7-18/h3-8H,1-2H3. The molecule has 0 bridgehead atoms. The molecular weight excluding hydrogens is 376 g/mol. The van der Waals surface area contributed by atoms with E-state index in [0.717, 1.165) is 20.3 Å². The Labute approximate surface area is 127 Å². The second kappa shape index (κ2) is 6.29. The van der Waals surface area contributed by atoms with E-state index < -0.39 is 0 Å². The molecule has 0 saturated heterocycles. The zero-order valence-electron chi connectivity index (χ0n) is 10.4. The predicted octanol–water partition coefficient (Wildman–Crippen LogP) is 3.47. The smallest absolute Gasteiger partial charge is 0.142 e. The van der Waals surface area contributed by atoms with Gasteiger partial charge in [-0.3, -0.25) is 0 Å². The van der Waals surface area contributed by atoms with Gasteiger partial charge in [0.15, 0.2) is 0 Å². The lowest BCUT2D eigenvalue weighted by Crippen LogP contribution is -2.08. The predicted molar refractivity (Wildman–Crippen MR) is 80.6 cm³/mol. The molecule has 1 aromatic carbocycles. The number of aromatic nitrogens is 3. The highest BCUT2D eigenvalue weighted by molar-refractivity contribution is 9.11. The summed E-state index contributed by atoms with van der Waals surface area (Å²) in [7, 11) is 0. The minimum absolute atomic E-state index is 0.0829. The molecule has 0 aliphatic rings. The zero-order chi connectivity index (χ0) is 13.8. The number of benzene rings is 1. The Balaban J connectivity index is 2.37. The summed E-state index contributed by atoms with van der Waals surface area (Å²) in [5.74, 6) is 0.759. The Morgan fingerprint density at radius 1 is 1.26 bits per heavy atom. The molecule has 0 aliphatic carbocycles. The van der Waals surface area contributed by atoms with Gasteiger partial charge < -0.3 is 4.74 Å². The van der Waals surface area contributed by atoms with Crippen molar-refractivity contribution in [1.29, 1.82) is 0 Å². The van der Waals surface area contributed by atoms with Gasteiger partial charge in [0.1, 0.15) is 18.4 Å². The van der Waals surface area contributed by atoms with Crippen molar-refractivity contribution in [2.24, 2.45) is 5.10 Å². The number of rotatable bonds is 4. The monoisotopic (exact) mass is 386 g/mol. The lowest BCUT2D eigenvalue weighted by atomic mass is 10.2. The maximum absolute atomic E-state index is 5.80. The van der Waals surface area contributed by atoms with Crippen molar-refractivity contribution in [2.45, 2.75) is 20.0 Å². The van der Waals surface area contributed by atoms with E-state index in [1.54, 1.807) is 6.21 Å². The van der Waals surface area contributed by atoms with Crippen molar-refractivity contribution in [2.75, 3.05) is 0 Å². The van der Waals surface area contributed by atoms with E-state index in [4.69, 9.17) is 4.74 Å². The van der Waals surface area contributed by atoms with E-state index in [1.165, 1.54) is 17.3 Å². The highest BCUT2D eigenvalue weighted by Crippen LogP contribution is 2.32. The molecule has 0 unspecified atom stereocenters. The summed E-state index contributed by atoms with van der Waals surface area (Å²) in [5, 5.41) is 11.6. The van der Waals surface area contributed by atoms with Gasteiger partial charge in [-0.1, -0.05) is 15.9 Å². The molecule has 2 rings (SSSR count). The molecule has 0 atom stereocenters. The van der Waals surface area contributed by atoms with Crippen LogP contribution in [0, 0.1) is 0 Å². The van der Waals surface area contributed by atoms with Crippen LogP contribution in [0.25, 0.3) is 0 Å². The number of halogens is 2. The minimum Gasteiger partial charge on any atom is -0.489 e. The van der Waals surface area contributed by atoms with Crippen LogP contribution >= 0.6 is 31.9 Å². The first kappa shape index (κ1) is 14.2. The van der Waals surface area contributed by atoms with Crippen LogP contribution in [0.1, 0.15) is 19.4 Å². The number of hydrogen-bond donors (Lipinski definition) is 0. The van der Waals surface area contributed by atoms with Gasteiger partial charge in [-0.05, 0) is 41.9 Å². The van der Waals surface area contributed by atoms with Gasteiger partial charge >= 0.3 is 0 Å². The largest absolute Gasteiger partial charge is 0.489 e. The van der Waals surface area contributed by atoms with Crippen LogP contribution in [0.2, 0.25) is 0 Å². The lowest BCUT2D eigenvalue weighted by molar-refractivity contribution is 0.240. The molecule has 0 N–H and O–H groups in total. The van der Waals surface area contributed by atoms with Crippen LogP contribution in [-0.4, -0.2) is 27.2 Å². The molecule has 0 amide bonds. The molecule has 0 radical (unpaired) electrons. The normalized spacial score (nSPS) is 11.4. The SMILES string of the molecule is CC(C)Oc1c(Br)cc(Br)cc1C=Nn1cnnc1. The summed E-state index contributed by atoms with van der Waals surface area (Å²) < 4.78 is 9.14. The van der Waals surface area contributed by atoms with Crippen molar-refractivity contribution < 1.29 is 4.74 Å². The molecule has 2 aromatic rings. The Bertz CT molecular complexity index is 582. The highest BCUT2D eigenvalue weighted by atomic mass is 79.9. The first-order valence-corrected chi connectivity index (χ1v) is 7.19. The van der Waals surface area contributed by atoms with Crippen LogP contribution in [0.5, 0.6) is 5.75 Å². The third kappa shape index (κ3) is 3.87. The fourth-order valence-electron chi connectivity index (χ4n) is 1.42. The van der Waals surface area contributed by atoms with Gasteiger partial charge in [-0.2, -0.15) is 5.10 Å². The Kier molecular flexibility index (Phi) is 4.71. The number of hydrogen-bond acceptors (Lipinski definition) is 4. The molecule has 5 nitrogen and oxygen atoms in total. The third-order valence-electron chi connectivity index (χ3n) is 2.13. The van der Waals surface area contributed by atoms with Crippen molar-refractivity contribution in [1.82, 2.24) is 14.9 Å². The summed E-state index contributed by atoms with van der Waals surface area (Å²) in [6.07, 6.45) is 4.83. The molecule has 1 heterocycles. The Hall–Kier alpha value is -1.21. The van der Waals surface area contributed by atoms with E-state index in [2.05, 4.69) is 47.2 Å². The second-order valence-corrected chi connectivity index (χ2v) is 5.83. The van der Waals surface area contributed by atoms with Crippen LogP contribution in [0.3, 0.4) is 0 Å². The summed E-state index contributed by atoms with van der Waals surface area (Å²) in [4.78, 5) is 0. The van der Waals surface area contributed by atoms with Crippen molar-refractivity contribution in [3.05, 3.63) is 39.3 Å². The molecule has 1 aromatic heterocycles. The van der Waals surface area contributed by atoms with Crippen LogP contribution < -0.4 is 4.74 Å². The highest BCUT2D eigenvalue weighted by Gasteiger charge is 2.10. The Morgan fingerprint density at radius 2 is 1.95 bits per heavy atom. The van der Waals surface area contributed by atoms with Crippen molar-refractivity contribution in [3.8, 4) is 5.75 Å². The molecule has 19 heavy (non-hydrogen) atoms. The van der Waals surface area contributed by atoms with Crippen molar-refractivity contribution >= 4 is 38.1 Å². The molecule has 0 aliphatic heterocycles. The summed E-state index contributed by atoms with van der Waals surface area (Å²) in [6.45, 7) is 3.96. The molecule has 0 spiro atoms. The van der Waals surface area contributed by atoms with Crippen LogP contribution in [-0.2, 0) is 0 Å². The fraction of sp³-hybridized carbons (Fsp3) is 0.250. The summed E-state index contributed by atoms with van der Waals surface area (Å²) in [6, 6.07) is 3.88. The van der Waals surface area contributed by atoms with Gasteiger partial charge in [0, 0.05) is 10.0 Å². The van der Waals surface area contributed by atoms with Gasteiger partial charge in [0.25, 0.3) is 0 Å². The first-order chi connectivity index (χ1) is 9.06. The molecule has 0 fully saturated rings. The molecular formula is C12H12Br2N4O. The molecule has 100 valence electrons. The van der Waals surface area contributed by atoms with Gasteiger partial charge in [-0.15, -0.1) is 10.2 Å². The van der Waals surface area contributed by atoms with Crippen LogP contribution in [0.4, 0.5) is 0 Å². The second-order valence-electron chi connectivity index (χ2n) is 4.06. The zero-order valence-corrected chi connectivity index (χ0v) is 13.6. The van der Waals surface area contributed by atoms with E-state index in [0.29, 0.717) is 0 Å².